The predicted octanol–water partition coefficient (Wildman–Crippen LogP) is 3.84. The van der Waals surface area contributed by atoms with Gasteiger partial charge in [0.15, 0.2) is 0 Å². The van der Waals surface area contributed by atoms with Gasteiger partial charge in [-0.2, -0.15) is 0 Å². The van der Waals surface area contributed by atoms with Gasteiger partial charge in [0, 0.05) is 17.8 Å². The Bertz CT molecular complexity index is 1100. The molecule has 0 saturated heterocycles. The van der Waals surface area contributed by atoms with E-state index in [1.165, 1.54) is 32.4 Å². The van der Waals surface area contributed by atoms with Gasteiger partial charge in [0.25, 0.3) is 5.91 Å². The maximum atomic E-state index is 13.0. The molecule has 3 aromatic rings. The number of methoxy groups -OCH3 is 2. The van der Waals surface area contributed by atoms with Crippen molar-refractivity contribution in [2.75, 3.05) is 19.5 Å². The summed E-state index contributed by atoms with van der Waals surface area (Å²) in [5, 5.41) is 15.9. The molecule has 1 aromatic heterocycles. The van der Waals surface area contributed by atoms with E-state index in [0.29, 0.717) is 28.7 Å². The van der Waals surface area contributed by atoms with E-state index >= 15 is 0 Å². The van der Waals surface area contributed by atoms with Crippen molar-refractivity contribution in [2.24, 2.45) is 0 Å². The Kier molecular flexibility index (Phi) is 6.44. The number of hydrogen-bond acceptors (Lipinski definition) is 7. The first-order valence-corrected chi connectivity index (χ1v) is 9.28. The molecule has 0 atom stereocenters. The van der Waals surface area contributed by atoms with Crippen molar-refractivity contribution in [3.63, 3.8) is 0 Å². The van der Waals surface area contributed by atoms with Crippen LogP contribution in [0.2, 0.25) is 0 Å². The molecule has 0 radical (unpaired) electrons. The van der Waals surface area contributed by atoms with Crippen LogP contribution in [0.25, 0.3) is 0 Å². The summed E-state index contributed by atoms with van der Waals surface area (Å²) in [6.45, 7) is 3.73. The molecule has 0 fully saturated rings. The number of anilines is 1. The van der Waals surface area contributed by atoms with Crippen LogP contribution in [-0.2, 0) is 6.61 Å². The minimum Gasteiger partial charge on any atom is -0.497 e. The number of ether oxygens (including phenoxy) is 3. The highest BCUT2D eigenvalue weighted by atomic mass is 16.5. The van der Waals surface area contributed by atoms with Crippen molar-refractivity contribution in [3.05, 3.63) is 64.5 Å². The van der Waals surface area contributed by atoms with Crippen molar-refractivity contribution in [3.8, 4) is 17.2 Å². The van der Waals surface area contributed by atoms with Crippen LogP contribution in [0.3, 0.4) is 0 Å². The first-order chi connectivity index (χ1) is 14.8. The summed E-state index contributed by atoms with van der Waals surface area (Å²) in [5.41, 5.74) is 1.98. The lowest BCUT2D eigenvalue weighted by molar-refractivity contribution is 0.0696. The van der Waals surface area contributed by atoms with Crippen LogP contribution in [0.4, 0.5) is 5.69 Å². The number of carboxylic acids is 1. The highest BCUT2D eigenvalue weighted by molar-refractivity contribution is 6.07. The Morgan fingerprint density at radius 2 is 1.81 bits per heavy atom. The lowest BCUT2D eigenvalue weighted by Crippen LogP contribution is -2.14. The third kappa shape index (κ3) is 4.95. The largest absolute Gasteiger partial charge is 0.497 e. The van der Waals surface area contributed by atoms with Crippen molar-refractivity contribution < 1.29 is 33.4 Å². The molecule has 1 heterocycles. The van der Waals surface area contributed by atoms with E-state index in [9.17, 15) is 14.7 Å². The molecule has 0 bridgehead atoms. The summed E-state index contributed by atoms with van der Waals surface area (Å²) >= 11 is 0. The van der Waals surface area contributed by atoms with E-state index in [1.807, 2.05) is 0 Å². The average Bonchev–Trinajstić information content (AvgIpc) is 3.08. The number of aromatic carboxylic acids is 1. The van der Waals surface area contributed by atoms with E-state index < -0.39 is 11.9 Å². The number of carboxylic acid groups (broad SMARTS) is 1. The molecule has 0 aliphatic carbocycles. The number of carbonyl (C=O) groups is 2. The van der Waals surface area contributed by atoms with Crippen LogP contribution in [0.5, 0.6) is 17.2 Å². The van der Waals surface area contributed by atoms with Crippen molar-refractivity contribution >= 4 is 17.6 Å². The van der Waals surface area contributed by atoms with Crippen LogP contribution in [-0.4, -0.2) is 36.4 Å². The Labute approximate surface area is 178 Å². The number of carbonyl (C=O) groups excluding carboxylic acids is 1. The SMILES string of the molecule is COc1cc(NC(=O)c2ccc(OC)cc2OCc2c(C)noc2C)cc(C(=O)O)c1. The van der Waals surface area contributed by atoms with Gasteiger partial charge in [-0.25, -0.2) is 4.79 Å². The summed E-state index contributed by atoms with van der Waals surface area (Å²) < 4.78 is 21.4. The lowest BCUT2D eigenvalue weighted by atomic mass is 10.1. The molecule has 162 valence electrons. The highest BCUT2D eigenvalue weighted by Gasteiger charge is 2.18. The summed E-state index contributed by atoms with van der Waals surface area (Å²) in [5.74, 6) is 0.116. The van der Waals surface area contributed by atoms with Crippen LogP contribution in [0.15, 0.2) is 40.9 Å². The summed E-state index contributed by atoms with van der Waals surface area (Å²) in [7, 11) is 2.92. The number of aromatic nitrogens is 1. The number of aryl methyl sites for hydroxylation is 2. The second-order valence-corrected chi connectivity index (χ2v) is 6.66. The summed E-state index contributed by atoms with van der Waals surface area (Å²) in [6.07, 6.45) is 0. The number of amides is 1. The van der Waals surface area contributed by atoms with Gasteiger partial charge in [0.05, 0.1) is 36.6 Å². The Balaban J connectivity index is 1.88. The van der Waals surface area contributed by atoms with Gasteiger partial charge in [0.2, 0.25) is 0 Å². The molecule has 0 saturated carbocycles. The fourth-order valence-corrected chi connectivity index (χ4v) is 2.91. The standard InChI is InChI=1S/C22H22N2O7/c1-12-19(13(2)31-24-12)11-30-20-10-16(28-3)5-6-18(20)21(25)23-15-7-14(22(26)27)8-17(9-15)29-4/h5-10H,11H2,1-4H3,(H,23,25)(H,26,27). The molecule has 0 aliphatic heterocycles. The second-order valence-electron chi connectivity index (χ2n) is 6.66. The maximum Gasteiger partial charge on any atom is 0.335 e. The van der Waals surface area contributed by atoms with Crippen LogP contribution in [0.1, 0.15) is 37.7 Å². The van der Waals surface area contributed by atoms with Gasteiger partial charge in [-0.1, -0.05) is 5.16 Å². The number of benzene rings is 2. The van der Waals surface area contributed by atoms with Crippen molar-refractivity contribution in [1.82, 2.24) is 5.16 Å². The van der Waals surface area contributed by atoms with Gasteiger partial charge in [-0.15, -0.1) is 0 Å². The molecule has 31 heavy (non-hydrogen) atoms. The highest BCUT2D eigenvalue weighted by Crippen LogP contribution is 2.28. The summed E-state index contributed by atoms with van der Waals surface area (Å²) in [4.78, 5) is 24.3. The van der Waals surface area contributed by atoms with Crippen LogP contribution in [0, 0.1) is 13.8 Å². The third-order valence-corrected chi connectivity index (χ3v) is 4.63. The van der Waals surface area contributed by atoms with Gasteiger partial charge < -0.3 is 29.2 Å². The Morgan fingerprint density at radius 1 is 1.06 bits per heavy atom. The zero-order chi connectivity index (χ0) is 22.5. The quantitative estimate of drug-likeness (QED) is 0.557. The fourth-order valence-electron chi connectivity index (χ4n) is 2.91. The predicted molar refractivity (Wildman–Crippen MR) is 111 cm³/mol. The van der Waals surface area contributed by atoms with Crippen LogP contribution >= 0.6 is 0 Å². The summed E-state index contributed by atoms with van der Waals surface area (Å²) in [6, 6.07) is 9.03. The Morgan fingerprint density at radius 3 is 2.42 bits per heavy atom. The van der Waals surface area contributed by atoms with Gasteiger partial charge in [-0.3, -0.25) is 4.79 Å². The van der Waals surface area contributed by atoms with Crippen molar-refractivity contribution in [2.45, 2.75) is 20.5 Å². The van der Waals surface area contributed by atoms with Gasteiger partial charge >= 0.3 is 5.97 Å². The number of hydrogen-bond donors (Lipinski definition) is 2. The molecule has 1 amide bonds. The van der Waals surface area contributed by atoms with E-state index in [-0.39, 0.29) is 23.4 Å². The van der Waals surface area contributed by atoms with Crippen LogP contribution < -0.4 is 19.5 Å². The van der Waals surface area contributed by atoms with E-state index in [1.54, 1.807) is 32.0 Å². The normalized spacial score (nSPS) is 10.5. The lowest BCUT2D eigenvalue weighted by Gasteiger charge is -2.14. The molecule has 2 N–H and O–H groups in total. The molecule has 0 unspecified atom stereocenters. The van der Waals surface area contributed by atoms with Gasteiger partial charge in [-0.05, 0) is 38.1 Å². The zero-order valence-electron chi connectivity index (χ0n) is 17.5. The molecule has 9 nitrogen and oxygen atoms in total. The topological polar surface area (TPSA) is 120 Å². The molecule has 9 heteroatoms. The number of nitrogens with zero attached hydrogens (tertiary/aromatic N) is 1. The van der Waals surface area contributed by atoms with E-state index in [4.69, 9.17) is 18.7 Å². The molecule has 0 aliphatic rings. The first-order valence-electron chi connectivity index (χ1n) is 9.28. The monoisotopic (exact) mass is 426 g/mol. The number of rotatable bonds is 8. The molecule has 2 aromatic carbocycles. The zero-order valence-corrected chi connectivity index (χ0v) is 17.5. The molecular weight excluding hydrogens is 404 g/mol. The Hall–Kier alpha value is -4.01. The first kappa shape index (κ1) is 21.7. The second kappa shape index (κ2) is 9.21. The molecule has 0 spiro atoms. The molecular formula is C22H22N2O7. The minimum absolute atomic E-state index is 0.0146. The van der Waals surface area contributed by atoms with Gasteiger partial charge in [0.1, 0.15) is 29.6 Å². The fraction of sp³-hybridized carbons (Fsp3) is 0.227. The third-order valence-electron chi connectivity index (χ3n) is 4.63. The van der Waals surface area contributed by atoms with Crippen molar-refractivity contribution in [1.29, 1.82) is 0 Å². The molecule has 3 rings (SSSR count). The smallest absolute Gasteiger partial charge is 0.335 e. The average molecular weight is 426 g/mol. The minimum atomic E-state index is -1.14. The van der Waals surface area contributed by atoms with E-state index in [0.717, 1.165) is 5.56 Å². The number of nitrogens with one attached hydrogen (secondary N) is 1. The maximum absolute atomic E-state index is 13.0. The van der Waals surface area contributed by atoms with E-state index in [2.05, 4.69) is 10.5 Å².